The van der Waals surface area contributed by atoms with Crippen molar-refractivity contribution in [2.45, 2.75) is 17.9 Å². The number of nitrogens with zero attached hydrogens (tertiary/aromatic N) is 4. The van der Waals surface area contributed by atoms with E-state index in [1.165, 1.54) is 10.6 Å². The van der Waals surface area contributed by atoms with Crippen LogP contribution in [0.3, 0.4) is 0 Å². The average molecular weight is 381 g/mol. The Morgan fingerprint density at radius 3 is 2.59 bits per heavy atom. The number of fused-ring (bicyclic) bond motifs is 1. The van der Waals surface area contributed by atoms with Gasteiger partial charge in [-0.05, 0) is 24.3 Å². The van der Waals surface area contributed by atoms with Gasteiger partial charge < -0.3 is 9.30 Å². The number of carbonyl (C=O) groups excluding carboxylic acids is 1. The Morgan fingerprint density at radius 1 is 1.00 bits per heavy atom. The number of amides is 1. The second-order valence-corrected chi connectivity index (χ2v) is 7.92. The first kappa shape index (κ1) is 18.1. The topological polar surface area (TPSA) is 40.9 Å². The smallest absolute Gasteiger partial charge is 0.223 e. The highest BCUT2D eigenvalue weighted by atomic mass is 32.2. The molecule has 3 heterocycles. The van der Waals surface area contributed by atoms with Crippen molar-refractivity contribution in [2.24, 2.45) is 0 Å². The predicted octanol–water partition coefficient (Wildman–Crippen LogP) is 3.16. The van der Waals surface area contributed by atoms with Crippen molar-refractivity contribution in [3.63, 3.8) is 0 Å². The van der Waals surface area contributed by atoms with E-state index in [-0.39, 0.29) is 5.91 Å². The number of piperazine rings is 1. The van der Waals surface area contributed by atoms with Crippen molar-refractivity contribution in [1.82, 2.24) is 19.2 Å². The van der Waals surface area contributed by atoms with Gasteiger partial charge in [-0.1, -0.05) is 24.3 Å². The molecule has 3 aromatic rings. The van der Waals surface area contributed by atoms with Gasteiger partial charge >= 0.3 is 0 Å². The molecule has 0 aliphatic carbocycles. The van der Waals surface area contributed by atoms with E-state index in [1.54, 1.807) is 11.8 Å². The Morgan fingerprint density at radius 2 is 1.78 bits per heavy atom. The number of thioether (sulfide) groups is 1. The molecule has 6 heteroatoms. The van der Waals surface area contributed by atoms with Crippen LogP contribution in [0.25, 0.3) is 5.65 Å². The van der Waals surface area contributed by atoms with Crippen LogP contribution in [-0.4, -0.2) is 57.0 Å². The molecule has 0 spiro atoms. The normalized spacial score (nSPS) is 15.3. The monoisotopic (exact) mass is 380 g/mol. The molecular formula is C21H24N4OS. The molecule has 0 saturated carbocycles. The Balaban J connectivity index is 1.23. The van der Waals surface area contributed by atoms with Gasteiger partial charge in [0.25, 0.3) is 0 Å². The van der Waals surface area contributed by atoms with E-state index < -0.39 is 0 Å². The summed E-state index contributed by atoms with van der Waals surface area (Å²) in [5.74, 6) is 1.11. The molecule has 1 saturated heterocycles. The molecule has 0 bridgehead atoms. The SMILES string of the molecule is O=C(CCSc1ccccc1)N1CCN(Cc2cnc3ccccn23)CC1. The molecule has 27 heavy (non-hydrogen) atoms. The van der Waals surface area contributed by atoms with Crippen LogP contribution in [0, 0.1) is 0 Å². The van der Waals surface area contributed by atoms with Gasteiger partial charge in [-0.2, -0.15) is 0 Å². The second-order valence-electron chi connectivity index (χ2n) is 6.75. The van der Waals surface area contributed by atoms with Crippen molar-refractivity contribution in [3.8, 4) is 0 Å². The van der Waals surface area contributed by atoms with E-state index in [0.29, 0.717) is 6.42 Å². The molecule has 0 radical (unpaired) electrons. The maximum Gasteiger partial charge on any atom is 0.223 e. The minimum absolute atomic E-state index is 0.271. The lowest BCUT2D eigenvalue weighted by molar-refractivity contribution is -0.132. The van der Waals surface area contributed by atoms with Gasteiger partial charge in [-0.15, -0.1) is 11.8 Å². The van der Waals surface area contributed by atoms with Crippen LogP contribution >= 0.6 is 11.8 Å². The van der Waals surface area contributed by atoms with E-state index in [0.717, 1.165) is 44.1 Å². The molecule has 5 nitrogen and oxygen atoms in total. The number of pyridine rings is 1. The summed E-state index contributed by atoms with van der Waals surface area (Å²) in [6, 6.07) is 16.3. The fraction of sp³-hybridized carbons (Fsp3) is 0.333. The van der Waals surface area contributed by atoms with Gasteiger partial charge in [0.2, 0.25) is 5.91 Å². The van der Waals surface area contributed by atoms with Crippen LogP contribution in [0.15, 0.2) is 65.8 Å². The molecule has 2 aromatic heterocycles. The Kier molecular flexibility index (Phi) is 5.75. The van der Waals surface area contributed by atoms with E-state index >= 15 is 0 Å². The van der Waals surface area contributed by atoms with Crippen LogP contribution in [0.1, 0.15) is 12.1 Å². The number of hydrogen-bond donors (Lipinski definition) is 0. The van der Waals surface area contributed by atoms with Gasteiger partial charge in [0, 0.05) is 56.0 Å². The lowest BCUT2D eigenvalue weighted by Gasteiger charge is -2.34. The highest BCUT2D eigenvalue weighted by molar-refractivity contribution is 7.99. The van der Waals surface area contributed by atoms with Crippen molar-refractivity contribution in [3.05, 3.63) is 66.6 Å². The second kappa shape index (κ2) is 8.59. The van der Waals surface area contributed by atoms with E-state index in [9.17, 15) is 4.79 Å². The molecule has 1 amide bonds. The lowest BCUT2D eigenvalue weighted by Crippen LogP contribution is -2.48. The zero-order valence-electron chi connectivity index (χ0n) is 15.3. The lowest BCUT2D eigenvalue weighted by atomic mass is 10.2. The van der Waals surface area contributed by atoms with Crippen LogP contribution in [0.4, 0.5) is 0 Å². The van der Waals surface area contributed by atoms with E-state index in [1.807, 2.05) is 47.5 Å². The molecule has 0 N–H and O–H groups in total. The van der Waals surface area contributed by atoms with Crippen LogP contribution in [0.2, 0.25) is 0 Å². The number of aromatic nitrogens is 2. The number of benzene rings is 1. The zero-order chi connectivity index (χ0) is 18.5. The van der Waals surface area contributed by atoms with Gasteiger partial charge in [-0.25, -0.2) is 4.98 Å². The molecule has 0 atom stereocenters. The largest absolute Gasteiger partial charge is 0.340 e. The van der Waals surface area contributed by atoms with Crippen molar-refractivity contribution >= 4 is 23.3 Å². The maximum absolute atomic E-state index is 12.5. The fourth-order valence-corrected chi connectivity index (χ4v) is 4.28. The first-order valence-corrected chi connectivity index (χ1v) is 10.4. The Bertz CT molecular complexity index is 887. The summed E-state index contributed by atoms with van der Waals surface area (Å²) in [4.78, 5) is 22.6. The van der Waals surface area contributed by atoms with E-state index in [4.69, 9.17) is 0 Å². The number of carbonyl (C=O) groups is 1. The standard InChI is InChI=1S/C21H24N4OS/c26-21(9-15-27-19-6-2-1-3-7-19)24-13-11-23(12-14-24)17-18-16-22-20-8-4-5-10-25(18)20/h1-8,10,16H,9,11-15,17H2. The number of rotatable bonds is 6. The first-order chi connectivity index (χ1) is 13.3. The summed E-state index contributed by atoms with van der Waals surface area (Å²) in [6.07, 6.45) is 4.61. The first-order valence-electron chi connectivity index (χ1n) is 9.38. The molecule has 0 unspecified atom stereocenters. The third-order valence-corrected chi connectivity index (χ3v) is 5.95. The van der Waals surface area contributed by atoms with Crippen molar-refractivity contribution in [1.29, 1.82) is 0 Å². The van der Waals surface area contributed by atoms with Gasteiger partial charge in [0.15, 0.2) is 0 Å². The Labute approximate surface area is 164 Å². The van der Waals surface area contributed by atoms with E-state index in [2.05, 4.69) is 32.6 Å². The van der Waals surface area contributed by atoms with Crippen molar-refractivity contribution < 1.29 is 4.79 Å². The predicted molar refractivity (Wildman–Crippen MR) is 109 cm³/mol. The molecular weight excluding hydrogens is 356 g/mol. The molecule has 1 aliphatic rings. The minimum Gasteiger partial charge on any atom is -0.340 e. The summed E-state index contributed by atoms with van der Waals surface area (Å²) >= 11 is 1.75. The highest BCUT2D eigenvalue weighted by Gasteiger charge is 2.21. The maximum atomic E-state index is 12.5. The average Bonchev–Trinajstić information content (AvgIpc) is 3.12. The third-order valence-electron chi connectivity index (χ3n) is 4.93. The quantitative estimate of drug-likeness (QED) is 0.616. The molecule has 1 aliphatic heterocycles. The summed E-state index contributed by atoms with van der Waals surface area (Å²) in [5, 5.41) is 0. The molecule has 1 fully saturated rings. The third kappa shape index (κ3) is 4.51. The van der Waals surface area contributed by atoms with Gasteiger partial charge in [-0.3, -0.25) is 9.69 Å². The van der Waals surface area contributed by atoms with Crippen LogP contribution < -0.4 is 0 Å². The zero-order valence-corrected chi connectivity index (χ0v) is 16.1. The summed E-state index contributed by atoms with van der Waals surface area (Å²) < 4.78 is 2.14. The molecule has 4 rings (SSSR count). The number of hydrogen-bond acceptors (Lipinski definition) is 4. The molecule has 140 valence electrons. The van der Waals surface area contributed by atoms with Crippen LogP contribution in [0.5, 0.6) is 0 Å². The number of imidazole rings is 1. The molecule has 1 aromatic carbocycles. The minimum atomic E-state index is 0.271. The summed E-state index contributed by atoms with van der Waals surface area (Å²) in [5.41, 5.74) is 2.18. The summed E-state index contributed by atoms with van der Waals surface area (Å²) in [6.45, 7) is 4.32. The highest BCUT2D eigenvalue weighted by Crippen LogP contribution is 2.18. The van der Waals surface area contributed by atoms with Gasteiger partial charge in [0.1, 0.15) is 5.65 Å². The summed E-state index contributed by atoms with van der Waals surface area (Å²) in [7, 11) is 0. The van der Waals surface area contributed by atoms with Gasteiger partial charge in [0.05, 0.1) is 11.9 Å². The van der Waals surface area contributed by atoms with Crippen LogP contribution in [-0.2, 0) is 11.3 Å². The van der Waals surface area contributed by atoms with Crippen molar-refractivity contribution in [2.75, 3.05) is 31.9 Å². The fourth-order valence-electron chi connectivity index (χ4n) is 3.42. The Hall–Kier alpha value is -2.31.